The van der Waals surface area contributed by atoms with Crippen molar-refractivity contribution < 1.29 is 9.26 Å². The van der Waals surface area contributed by atoms with Crippen molar-refractivity contribution in [3.8, 4) is 0 Å². The Kier molecular flexibility index (Phi) is 4.12. The van der Waals surface area contributed by atoms with Gasteiger partial charge in [0.2, 0.25) is 0 Å². The van der Waals surface area contributed by atoms with Crippen LogP contribution in [0, 0.1) is 6.92 Å². The lowest BCUT2D eigenvalue weighted by Gasteiger charge is -2.22. The number of ether oxygens (including phenoxy) is 1. The third-order valence-electron chi connectivity index (χ3n) is 4.14. The number of likely N-dealkylation sites (tertiary alicyclic amines) is 1. The lowest BCUT2D eigenvalue weighted by molar-refractivity contribution is 0.107. The zero-order chi connectivity index (χ0) is 15.7. The molecule has 0 aromatic carbocycles. The molecule has 120 valence electrons. The summed E-state index contributed by atoms with van der Waals surface area (Å²) in [6.45, 7) is 5.83. The van der Waals surface area contributed by atoms with Crippen molar-refractivity contribution in [2.75, 3.05) is 13.7 Å². The van der Waals surface area contributed by atoms with Crippen LogP contribution in [0.15, 0.2) is 15.4 Å². The number of hydrogen-bond donors (Lipinski definition) is 1. The Hall–Kier alpha value is -1.93. The van der Waals surface area contributed by atoms with E-state index in [1.807, 2.05) is 19.9 Å². The van der Waals surface area contributed by atoms with E-state index in [1.54, 1.807) is 11.7 Å². The van der Waals surface area contributed by atoms with Gasteiger partial charge in [-0.2, -0.15) is 5.10 Å². The van der Waals surface area contributed by atoms with Gasteiger partial charge in [-0.1, -0.05) is 5.16 Å². The minimum atomic E-state index is -0.171. The van der Waals surface area contributed by atoms with Crippen LogP contribution < -0.4 is 5.69 Å². The molecular weight excluding hydrogens is 286 g/mol. The summed E-state index contributed by atoms with van der Waals surface area (Å²) in [6.07, 6.45) is 0.924. The molecule has 1 saturated heterocycles. The van der Waals surface area contributed by atoms with E-state index < -0.39 is 0 Å². The van der Waals surface area contributed by atoms with Crippen LogP contribution in [0.25, 0.3) is 0 Å². The first-order valence-electron chi connectivity index (χ1n) is 7.46. The largest absolute Gasteiger partial charge is 0.380 e. The molecular formula is C14H21N5O3. The summed E-state index contributed by atoms with van der Waals surface area (Å²) in [7, 11) is 1.71. The summed E-state index contributed by atoms with van der Waals surface area (Å²) in [5.74, 6) is 1.55. The van der Waals surface area contributed by atoms with Crippen molar-refractivity contribution in [3.05, 3.63) is 33.8 Å². The Labute approximate surface area is 128 Å². The van der Waals surface area contributed by atoms with Crippen LogP contribution in [0.4, 0.5) is 0 Å². The average molecular weight is 307 g/mol. The quantitative estimate of drug-likeness (QED) is 0.881. The number of nitrogens with zero attached hydrogens (tertiary/aromatic N) is 4. The number of aromatic nitrogens is 4. The number of aromatic amines is 1. The summed E-state index contributed by atoms with van der Waals surface area (Å²) in [5.41, 5.74) is 0.704. The van der Waals surface area contributed by atoms with Gasteiger partial charge in [0.1, 0.15) is 5.76 Å². The second-order valence-electron chi connectivity index (χ2n) is 5.60. The van der Waals surface area contributed by atoms with Gasteiger partial charge in [0, 0.05) is 32.8 Å². The van der Waals surface area contributed by atoms with Gasteiger partial charge in [0.05, 0.1) is 17.8 Å². The molecule has 1 aliphatic rings. The normalized spacial score (nSPS) is 22.5. The third-order valence-corrected chi connectivity index (χ3v) is 4.14. The van der Waals surface area contributed by atoms with Gasteiger partial charge in [-0.15, -0.1) is 0 Å². The minimum absolute atomic E-state index is 0.0286. The van der Waals surface area contributed by atoms with E-state index in [9.17, 15) is 4.79 Å². The van der Waals surface area contributed by atoms with Gasteiger partial charge in [-0.05, 0) is 20.3 Å². The van der Waals surface area contributed by atoms with E-state index in [4.69, 9.17) is 9.26 Å². The number of H-pyrrole nitrogens is 1. The number of aryl methyl sites for hydroxylation is 1. The van der Waals surface area contributed by atoms with Crippen molar-refractivity contribution in [1.29, 1.82) is 0 Å². The van der Waals surface area contributed by atoms with Crippen LogP contribution in [0.3, 0.4) is 0 Å². The first kappa shape index (κ1) is 15.0. The Bertz CT molecular complexity index is 689. The van der Waals surface area contributed by atoms with Gasteiger partial charge < -0.3 is 9.26 Å². The maximum absolute atomic E-state index is 11.8. The molecule has 0 unspecified atom stereocenters. The molecule has 3 rings (SSSR count). The highest BCUT2D eigenvalue weighted by atomic mass is 16.5. The molecule has 0 spiro atoms. The van der Waals surface area contributed by atoms with E-state index >= 15 is 0 Å². The Morgan fingerprint density at radius 1 is 1.55 bits per heavy atom. The lowest BCUT2D eigenvalue weighted by Crippen LogP contribution is -2.28. The van der Waals surface area contributed by atoms with Gasteiger partial charge in [-0.3, -0.25) is 9.47 Å². The summed E-state index contributed by atoms with van der Waals surface area (Å²) in [6, 6.07) is 1.95. The molecule has 1 aliphatic heterocycles. The summed E-state index contributed by atoms with van der Waals surface area (Å²) < 4.78 is 12.3. The van der Waals surface area contributed by atoms with Gasteiger partial charge in [-0.25, -0.2) is 9.89 Å². The predicted molar refractivity (Wildman–Crippen MR) is 78.3 cm³/mol. The van der Waals surface area contributed by atoms with Gasteiger partial charge >= 0.3 is 5.69 Å². The van der Waals surface area contributed by atoms with E-state index in [0.717, 1.165) is 30.2 Å². The second kappa shape index (κ2) is 6.05. The molecule has 2 aromatic rings. The molecule has 3 heterocycles. The van der Waals surface area contributed by atoms with Crippen molar-refractivity contribution in [3.63, 3.8) is 0 Å². The summed E-state index contributed by atoms with van der Waals surface area (Å²) >= 11 is 0. The van der Waals surface area contributed by atoms with Crippen LogP contribution in [0.2, 0.25) is 0 Å². The average Bonchev–Trinajstić information content (AvgIpc) is 3.18. The fourth-order valence-electron chi connectivity index (χ4n) is 3.07. The van der Waals surface area contributed by atoms with Crippen LogP contribution in [-0.4, -0.2) is 44.6 Å². The Morgan fingerprint density at radius 2 is 2.36 bits per heavy atom. The van der Waals surface area contributed by atoms with E-state index in [1.165, 1.54) is 0 Å². The zero-order valence-corrected chi connectivity index (χ0v) is 13.1. The standard InChI is InChI=1S/C14H21N5O3/c1-4-19-13(15-16-14(19)20)12-6-11(21-3)8-18(12)7-10-5-9(2)22-17-10/h5,11-12H,4,6-8H2,1-3H3,(H,16,20)/t11-,12-/m0/s1. The molecule has 0 amide bonds. The lowest BCUT2D eigenvalue weighted by atomic mass is 10.2. The topological polar surface area (TPSA) is 89.2 Å². The molecule has 0 radical (unpaired) electrons. The Morgan fingerprint density at radius 3 is 3.00 bits per heavy atom. The maximum Gasteiger partial charge on any atom is 0.343 e. The van der Waals surface area contributed by atoms with E-state index in [0.29, 0.717) is 13.1 Å². The molecule has 8 nitrogen and oxygen atoms in total. The molecule has 22 heavy (non-hydrogen) atoms. The summed E-state index contributed by atoms with van der Waals surface area (Å²) in [4.78, 5) is 14.0. The fourth-order valence-corrected chi connectivity index (χ4v) is 3.07. The molecule has 2 atom stereocenters. The molecule has 0 saturated carbocycles. The minimum Gasteiger partial charge on any atom is -0.380 e. The highest BCUT2D eigenvalue weighted by molar-refractivity contribution is 5.07. The van der Waals surface area contributed by atoms with E-state index in [2.05, 4.69) is 20.3 Å². The molecule has 1 fully saturated rings. The smallest absolute Gasteiger partial charge is 0.343 e. The van der Waals surface area contributed by atoms with Crippen LogP contribution in [0.1, 0.15) is 36.7 Å². The highest BCUT2D eigenvalue weighted by Gasteiger charge is 2.36. The van der Waals surface area contributed by atoms with Crippen molar-refractivity contribution in [2.45, 2.75) is 45.5 Å². The van der Waals surface area contributed by atoms with Crippen molar-refractivity contribution in [1.82, 2.24) is 24.8 Å². The first-order chi connectivity index (χ1) is 10.6. The monoisotopic (exact) mass is 307 g/mol. The Balaban J connectivity index is 1.87. The van der Waals surface area contributed by atoms with Crippen LogP contribution >= 0.6 is 0 Å². The zero-order valence-electron chi connectivity index (χ0n) is 13.1. The predicted octanol–water partition coefficient (Wildman–Crippen LogP) is 0.850. The number of nitrogens with one attached hydrogen (secondary N) is 1. The number of methoxy groups -OCH3 is 1. The summed E-state index contributed by atoms with van der Waals surface area (Å²) in [5, 5.41) is 10.8. The number of rotatable bonds is 5. The van der Waals surface area contributed by atoms with Gasteiger partial charge in [0.15, 0.2) is 5.82 Å². The van der Waals surface area contributed by atoms with Crippen molar-refractivity contribution >= 4 is 0 Å². The van der Waals surface area contributed by atoms with E-state index in [-0.39, 0.29) is 17.8 Å². The van der Waals surface area contributed by atoms with Gasteiger partial charge in [0.25, 0.3) is 0 Å². The fraction of sp³-hybridized carbons (Fsp3) is 0.643. The number of hydrogen-bond acceptors (Lipinski definition) is 6. The highest BCUT2D eigenvalue weighted by Crippen LogP contribution is 2.33. The van der Waals surface area contributed by atoms with Crippen LogP contribution in [0.5, 0.6) is 0 Å². The van der Waals surface area contributed by atoms with Crippen molar-refractivity contribution in [2.24, 2.45) is 0 Å². The molecule has 1 N–H and O–H groups in total. The third kappa shape index (κ3) is 2.71. The molecule has 0 bridgehead atoms. The second-order valence-corrected chi connectivity index (χ2v) is 5.60. The molecule has 8 heteroatoms. The molecule has 2 aromatic heterocycles. The first-order valence-corrected chi connectivity index (χ1v) is 7.46. The van der Waals surface area contributed by atoms with Crippen LogP contribution in [-0.2, 0) is 17.8 Å². The maximum atomic E-state index is 11.8. The molecule has 0 aliphatic carbocycles. The SMILES string of the molecule is CCn1c([C@@H]2C[C@H](OC)CN2Cc2cc(C)on2)n[nH]c1=O.